The highest BCUT2D eigenvalue weighted by atomic mass is 32.1. The Labute approximate surface area is 98.4 Å². The molecule has 2 amide bonds. The fraction of sp³-hybridized carbons (Fsp3) is 0.500. The zero-order chi connectivity index (χ0) is 12.0. The lowest BCUT2D eigenvalue weighted by molar-refractivity contribution is -0.0133. The molecule has 1 aromatic heterocycles. The van der Waals surface area contributed by atoms with Crippen molar-refractivity contribution in [2.24, 2.45) is 0 Å². The Morgan fingerprint density at radius 1 is 1.69 bits per heavy atom. The van der Waals surface area contributed by atoms with Gasteiger partial charge in [-0.15, -0.1) is 11.3 Å². The van der Waals surface area contributed by atoms with E-state index >= 15 is 0 Å². The lowest BCUT2D eigenvalue weighted by atomic mass is 10.1. The normalized spacial score (nSPS) is 14.2. The highest BCUT2D eigenvalue weighted by Gasteiger charge is 2.20. The fourth-order valence-electron chi connectivity index (χ4n) is 1.14. The molecule has 0 aliphatic heterocycles. The number of hydrogen-bond acceptors (Lipinski definition) is 4. The maximum Gasteiger partial charge on any atom is 0.319 e. The second kappa shape index (κ2) is 5.83. The van der Waals surface area contributed by atoms with Gasteiger partial charge in [0.15, 0.2) is 0 Å². The number of thiophene rings is 1. The zero-order valence-electron chi connectivity index (χ0n) is 9.32. The first-order chi connectivity index (χ1) is 7.53. The summed E-state index contributed by atoms with van der Waals surface area (Å²) in [5.41, 5.74) is -1.05. The average Bonchev–Trinajstić information content (AvgIpc) is 2.68. The summed E-state index contributed by atoms with van der Waals surface area (Å²) >= 11 is 1.44. The van der Waals surface area contributed by atoms with Crippen molar-refractivity contribution in [3.8, 4) is 0 Å². The van der Waals surface area contributed by atoms with Crippen LogP contribution >= 0.6 is 11.3 Å². The number of hydrogen-bond donors (Lipinski definition) is 3. The molecule has 1 aromatic rings. The number of ether oxygens (including phenoxy) is 1. The molecule has 0 bridgehead atoms. The van der Waals surface area contributed by atoms with Crippen molar-refractivity contribution >= 4 is 22.4 Å². The van der Waals surface area contributed by atoms with Crippen molar-refractivity contribution in [3.05, 3.63) is 17.5 Å². The highest BCUT2D eigenvalue weighted by Crippen LogP contribution is 2.14. The molecule has 0 spiro atoms. The van der Waals surface area contributed by atoms with Crippen molar-refractivity contribution in [1.82, 2.24) is 5.32 Å². The molecule has 1 heterocycles. The molecule has 1 atom stereocenters. The Morgan fingerprint density at radius 3 is 3.00 bits per heavy atom. The van der Waals surface area contributed by atoms with E-state index in [9.17, 15) is 9.90 Å². The highest BCUT2D eigenvalue weighted by molar-refractivity contribution is 7.14. The van der Waals surface area contributed by atoms with Gasteiger partial charge in [0.1, 0.15) is 5.60 Å². The third-order valence-electron chi connectivity index (χ3n) is 1.84. The molecule has 0 aliphatic rings. The van der Waals surface area contributed by atoms with Gasteiger partial charge in [0, 0.05) is 7.11 Å². The second-order valence-electron chi connectivity index (χ2n) is 3.71. The first-order valence-corrected chi connectivity index (χ1v) is 5.71. The van der Waals surface area contributed by atoms with E-state index in [1.54, 1.807) is 13.0 Å². The lowest BCUT2D eigenvalue weighted by Crippen LogP contribution is -2.45. The molecular formula is C10H16N2O3S. The maximum atomic E-state index is 11.4. The largest absolute Gasteiger partial charge is 0.386 e. The molecule has 0 radical (unpaired) electrons. The monoisotopic (exact) mass is 244 g/mol. The Bertz CT molecular complexity index is 325. The number of carbonyl (C=O) groups excluding carboxylic acids is 1. The van der Waals surface area contributed by atoms with Crippen molar-refractivity contribution in [2.75, 3.05) is 25.6 Å². The van der Waals surface area contributed by atoms with E-state index in [0.717, 1.165) is 5.00 Å². The van der Waals surface area contributed by atoms with Crippen molar-refractivity contribution in [3.63, 3.8) is 0 Å². The van der Waals surface area contributed by atoms with E-state index in [2.05, 4.69) is 10.6 Å². The summed E-state index contributed by atoms with van der Waals surface area (Å²) in [6, 6.07) is 3.32. The third kappa shape index (κ3) is 4.61. The molecule has 0 saturated carbocycles. The van der Waals surface area contributed by atoms with Crippen molar-refractivity contribution in [2.45, 2.75) is 12.5 Å². The quantitative estimate of drug-likeness (QED) is 0.730. The van der Waals surface area contributed by atoms with Gasteiger partial charge in [0.25, 0.3) is 0 Å². The molecule has 0 fully saturated rings. The van der Waals surface area contributed by atoms with Crippen molar-refractivity contribution < 1.29 is 14.6 Å². The van der Waals surface area contributed by atoms with E-state index < -0.39 is 5.60 Å². The topological polar surface area (TPSA) is 70.6 Å². The number of anilines is 1. The van der Waals surface area contributed by atoms with Crippen LogP contribution in [0.3, 0.4) is 0 Å². The van der Waals surface area contributed by atoms with Crippen LogP contribution in [-0.4, -0.2) is 37.0 Å². The smallest absolute Gasteiger partial charge is 0.319 e. The third-order valence-corrected chi connectivity index (χ3v) is 2.63. The maximum absolute atomic E-state index is 11.4. The van der Waals surface area contributed by atoms with Crippen LogP contribution in [0.25, 0.3) is 0 Å². The first kappa shape index (κ1) is 13.0. The van der Waals surface area contributed by atoms with Crippen LogP contribution in [0, 0.1) is 0 Å². The van der Waals surface area contributed by atoms with E-state index in [0.29, 0.717) is 0 Å². The Hall–Kier alpha value is -1.11. The minimum absolute atomic E-state index is 0.137. The summed E-state index contributed by atoms with van der Waals surface area (Å²) < 4.78 is 4.83. The summed E-state index contributed by atoms with van der Waals surface area (Å²) in [7, 11) is 1.50. The lowest BCUT2D eigenvalue weighted by Gasteiger charge is -2.22. The molecule has 5 nitrogen and oxygen atoms in total. The minimum atomic E-state index is -1.05. The van der Waals surface area contributed by atoms with E-state index in [-0.39, 0.29) is 19.2 Å². The summed E-state index contributed by atoms with van der Waals surface area (Å²) in [6.07, 6.45) is 0. The van der Waals surface area contributed by atoms with Gasteiger partial charge in [-0.1, -0.05) is 0 Å². The Balaban J connectivity index is 2.30. The number of nitrogens with one attached hydrogen (secondary N) is 2. The van der Waals surface area contributed by atoms with Gasteiger partial charge in [-0.25, -0.2) is 4.79 Å². The standard InChI is InChI=1S/C10H16N2O3S/c1-10(14,7-15-2)6-11-9(13)12-8-4-3-5-16-8/h3-5,14H,6-7H2,1-2H3,(H2,11,12,13). The summed E-state index contributed by atoms with van der Waals surface area (Å²) in [5, 5.41) is 17.6. The molecule has 0 saturated heterocycles. The summed E-state index contributed by atoms with van der Waals surface area (Å²) in [6.45, 7) is 1.91. The van der Waals surface area contributed by atoms with Crippen LogP contribution in [0.4, 0.5) is 9.80 Å². The number of carbonyl (C=O) groups is 1. The minimum Gasteiger partial charge on any atom is -0.386 e. The molecule has 1 rings (SSSR count). The van der Waals surface area contributed by atoms with Gasteiger partial charge in [0.05, 0.1) is 18.2 Å². The molecule has 3 N–H and O–H groups in total. The molecular weight excluding hydrogens is 228 g/mol. The zero-order valence-corrected chi connectivity index (χ0v) is 10.1. The number of aliphatic hydroxyl groups is 1. The molecule has 16 heavy (non-hydrogen) atoms. The van der Waals surface area contributed by atoms with Crippen LogP contribution in [0.2, 0.25) is 0 Å². The number of amides is 2. The Morgan fingerprint density at radius 2 is 2.44 bits per heavy atom. The van der Waals surface area contributed by atoms with E-state index in [1.165, 1.54) is 18.4 Å². The molecule has 0 aromatic carbocycles. The number of rotatable bonds is 5. The number of urea groups is 1. The first-order valence-electron chi connectivity index (χ1n) is 4.83. The average molecular weight is 244 g/mol. The van der Waals surface area contributed by atoms with Crippen LogP contribution in [0.5, 0.6) is 0 Å². The molecule has 6 heteroatoms. The molecule has 1 unspecified atom stereocenters. The Kier molecular flexibility index (Phi) is 4.72. The predicted octanol–water partition coefficient (Wildman–Crippen LogP) is 1.27. The van der Waals surface area contributed by atoms with E-state index in [4.69, 9.17) is 4.74 Å². The van der Waals surface area contributed by atoms with Gasteiger partial charge in [-0.05, 0) is 24.4 Å². The van der Waals surface area contributed by atoms with Crippen LogP contribution in [-0.2, 0) is 4.74 Å². The summed E-state index contributed by atoms with van der Waals surface area (Å²) in [5.74, 6) is 0. The number of methoxy groups -OCH3 is 1. The van der Waals surface area contributed by atoms with Gasteiger partial charge >= 0.3 is 6.03 Å². The SMILES string of the molecule is COCC(C)(O)CNC(=O)Nc1cccs1. The van der Waals surface area contributed by atoms with Gasteiger partial charge in [-0.2, -0.15) is 0 Å². The van der Waals surface area contributed by atoms with Crippen LogP contribution in [0.1, 0.15) is 6.92 Å². The van der Waals surface area contributed by atoms with Crippen LogP contribution < -0.4 is 10.6 Å². The second-order valence-corrected chi connectivity index (χ2v) is 4.66. The fourth-order valence-corrected chi connectivity index (χ4v) is 1.75. The molecule has 0 aliphatic carbocycles. The summed E-state index contributed by atoms with van der Waals surface area (Å²) in [4.78, 5) is 11.4. The van der Waals surface area contributed by atoms with E-state index in [1.807, 2.05) is 11.4 Å². The predicted molar refractivity (Wildman–Crippen MR) is 63.8 cm³/mol. The van der Waals surface area contributed by atoms with Gasteiger partial charge in [-0.3, -0.25) is 5.32 Å². The van der Waals surface area contributed by atoms with Gasteiger partial charge < -0.3 is 15.2 Å². The van der Waals surface area contributed by atoms with Crippen LogP contribution in [0.15, 0.2) is 17.5 Å². The molecule has 90 valence electrons. The van der Waals surface area contributed by atoms with Gasteiger partial charge in [0.2, 0.25) is 0 Å². The van der Waals surface area contributed by atoms with Crippen molar-refractivity contribution in [1.29, 1.82) is 0 Å².